The maximum absolute atomic E-state index is 12.8. The molecule has 0 unspecified atom stereocenters. The first-order valence-corrected chi connectivity index (χ1v) is 9.63. The predicted molar refractivity (Wildman–Crippen MR) is 115 cm³/mol. The van der Waals surface area contributed by atoms with Gasteiger partial charge in [-0.3, -0.25) is 35.9 Å². The monoisotopic (exact) mass is 532 g/mol. The van der Waals surface area contributed by atoms with Gasteiger partial charge in [-0.2, -0.15) is 13.2 Å². The van der Waals surface area contributed by atoms with E-state index in [1.165, 1.54) is 6.07 Å². The summed E-state index contributed by atoms with van der Waals surface area (Å²) in [4.78, 5) is 44.0. The molecule has 3 N–H and O–H groups in total. The molecule has 1 amide bonds. The van der Waals surface area contributed by atoms with Crippen LogP contribution in [0.5, 0.6) is 0 Å². The molecular formula is C17H9Cl2F3N8O5. The van der Waals surface area contributed by atoms with Gasteiger partial charge in [0.2, 0.25) is 11.6 Å². The van der Waals surface area contributed by atoms with E-state index in [1.807, 2.05) is 0 Å². The molecule has 182 valence electrons. The molecule has 0 radical (unpaired) electrons. The van der Waals surface area contributed by atoms with E-state index in [9.17, 15) is 38.2 Å². The van der Waals surface area contributed by atoms with Crippen molar-refractivity contribution in [2.75, 3.05) is 10.7 Å². The predicted octanol–water partition coefficient (Wildman–Crippen LogP) is 4.51. The largest absolute Gasteiger partial charge is 0.417 e. The first kappa shape index (κ1) is 25.3. The van der Waals surface area contributed by atoms with Gasteiger partial charge < -0.3 is 5.32 Å². The van der Waals surface area contributed by atoms with Crippen LogP contribution in [0.25, 0.3) is 0 Å². The Morgan fingerprint density at radius 1 is 0.943 bits per heavy atom. The Morgan fingerprint density at radius 2 is 1.63 bits per heavy atom. The number of hydrazine groups is 1. The molecule has 2 heterocycles. The number of carbonyl (C=O) groups is 1. The Kier molecular flexibility index (Phi) is 7.16. The zero-order valence-corrected chi connectivity index (χ0v) is 18.1. The van der Waals surface area contributed by atoms with Crippen molar-refractivity contribution >= 4 is 57.9 Å². The van der Waals surface area contributed by atoms with E-state index in [0.29, 0.717) is 12.3 Å². The fourth-order valence-electron chi connectivity index (χ4n) is 2.51. The minimum Gasteiger partial charge on any atom is -0.318 e. The lowest BCUT2D eigenvalue weighted by Gasteiger charge is -2.12. The molecule has 2 aromatic heterocycles. The maximum Gasteiger partial charge on any atom is 0.417 e. The molecule has 3 aromatic rings. The Balaban J connectivity index is 1.85. The van der Waals surface area contributed by atoms with Crippen LogP contribution in [0.15, 0.2) is 36.8 Å². The van der Waals surface area contributed by atoms with E-state index < -0.39 is 55.5 Å². The summed E-state index contributed by atoms with van der Waals surface area (Å²) >= 11 is 11.5. The number of aromatic nitrogens is 3. The number of pyridine rings is 1. The first-order valence-electron chi connectivity index (χ1n) is 8.88. The highest BCUT2D eigenvalue weighted by Gasteiger charge is 2.32. The normalized spacial score (nSPS) is 11.0. The van der Waals surface area contributed by atoms with Gasteiger partial charge in [0.05, 0.1) is 20.4 Å². The van der Waals surface area contributed by atoms with Crippen molar-refractivity contribution < 1.29 is 27.8 Å². The van der Waals surface area contributed by atoms with Crippen molar-refractivity contribution in [1.29, 1.82) is 0 Å². The molecule has 35 heavy (non-hydrogen) atoms. The second-order valence-corrected chi connectivity index (χ2v) is 7.17. The van der Waals surface area contributed by atoms with Crippen LogP contribution in [-0.4, -0.2) is 30.7 Å². The smallest absolute Gasteiger partial charge is 0.318 e. The Bertz CT molecular complexity index is 1340. The zero-order valence-electron chi connectivity index (χ0n) is 16.6. The van der Waals surface area contributed by atoms with Crippen LogP contribution < -0.4 is 16.2 Å². The fraction of sp³-hybridized carbons (Fsp3) is 0.0588. The van der Waals surface area contributed by atoms with Crippen LogP contribution in [0.3, 0.4) is 0 Å². The highest BCUT2D eigenvalue weighted by atomic mass is 35.5. The number of nitrogens with zero attached hydrogens (tertiary/aromatic N) is 5. The third kappa shape index (κ3) is 5.79. The SMILES string of the molecule is O=C(NNc1ncnc(Nc2ncc(C(F)(F)F)cc2Cl)c1[N+](=O)[O-])c1ccc(Cl)c([N+](=O)[O-])c1. The molecule has 0 spiro atoms. The number of nitro benzene ring substituents is 1. The highest BCUT2D eigenvalue weighted by molar-refractivity contribution is 6.33. The zero-order chi connectivity index (χ0) is 25.9. The molecular weight excluding hydrogens is 524 g/mol. The number of benzene rings is 1. The van der Waals surface area contributed by atoms with Gasteiger partial charge in [-0.1, -0.05) is 23.2 Å². The average Bonchev–Trinajstić information content (AvgIpc) is 2.78. The van der Waals surface area contributed by atoms with Gasteiger partial charge >= 0.3 is 11.9 Å². The second-order valence-electron chi connectivity index (χ2n) is 6.36. The lowest BCUT2D eigenvalue weighted by atomic mass is 10.2. The number of hydrogen-bond donors (Lipinski definition) is 3. The highest BCUT2D eigenvalue weighted by Crippen LogP contribution is 2.35. The van der Waals surface area contributed by atoms with E-state index >= 15 is 0 Å². The number of rotatable bonds is 7. The minimum absolute atomic E-state index is 0.204. The molecule has 0 fully saturated rings. The molecule has 0 aliphatic heterocycles. The topological polar surface area (TPSA) is 178 Å². The summed E-state index contributed by atoms with van der Waals surface area (Å²) < 4.78 is 38.4. The van der Waals surface area contributed by atoms with Crippen LogP contribution in [0, 0.1) is 20.2 Å². The van der Waals surface area contributed by atoms with E-state index in [1.54, 1.807) is 0 Å². The number of nitro groups is 2. The number of hydrogen-bond acceptors (Lipinski definition) is 10. The van der Waals surface area contributed by atoms with Crippen molar-refractivity contribution in [2.45, 2.75) is 6.18 Å². The number of anilines is 3. The standard InChI is InChI=1S/C17H9Cl2F3N8O5/c18-9-2-1-7(3-11(9)29(32)33)16(31)28-27-15-12(30(34)35)14(24-6-25-15)26-13-10(19)4-8(5-23-13)17(20,21)22/h1-6H,(H,28,31)(H2,23,24,25,26,27). The summed E-state index contributed by atoms with van der Waals surface area (Å²) in [6, 6.07) is 3.74. The minimum atomic E-state index is -4.71. The molecule has 0 saturated heterocycles. The summed E-state index contributed by atoms with van der Waals surface area (Å²) in [5, 5.41) is 24.2. The van der Waals surface area contributed by atoms with E-state index in [0.717, 1.165) is 18.5 Å². The van der Waals surface area contributed by atoms with Crippen LogP contribution in [-0.2, 0) is 6.18 Å². The third-order valence-corrected chi connectivity index (χ3v) is 4.72. The van der Waals surface area contributed by atoms with Gasteiger partial charge in [0.1, 0.15) is 11.3 Å². The van der Waals surface area contributed by atoms with Crippen molar-refractivity contribution in [1.82, 2.24) is 20.4 Å². The summed E-state index contributed by atoms with van der Waals surface area (Å²) in [6.45, 7) is 0. The molecule has 0 aliphatic carbocycles. The van der Waals surface area contributed by atoms with E-state index in [4.69, 9.17) is 23.2 Å². The molecule has 1 aromatic carbocycles. The van der Waals surface area contributed by atoms with Crippen LogP contribution in [0.2, 0.25) is 10.0 Å². The number of nitrogens with one attached hydrogen (secondary N) is 3. The fourth-order valence-corrected chi connectivity index (χ4v) is 2.91. The third-order valence-electron chi connectivity index (χ3n) is 4.11. The Hall–Kier alpha value is -4.31. The summed E-state index contributed by atoms with van der Waals surface area (Å²) in [5.41, 5.74) is 1.55. The summed E-state index contributed by atoms with van der Waals surface area (Å²) in [7, 11) is 0. The first-order chi connectivity index (χ1) is 16.4. The number of halogens is 5. The lowest BCUT2D eigenvalue weighted by Crippen LogP contribution is -2.30. The molecule has 0 aliphatic rings. The lowest BCUT2D eigenvalue weighted by molar-refractivity contribution is -0.384. The van der Waals surface area contributed by atoms with Crippen LogP contribution in [0.1, 0.15) is 15.9 Å². The van der Waals surface area contributed by atoms with E-state index in [2.05, 4.69) is 31.1 Å². The summed E-state index contributed by atoms with van der Waals surface area (Å²) in [5.74, 6) is -2.35. The number of alkyl halides is 3. The van der Waals surface area contributed by atoms with Gasteiger partial charge in [-0.05, 0) is 18.2 Å². The van der Waals surface area contributed by atoms with Gasteiger partial charge in [0, 0.05) is 17.8 Å². The Labute approximate surface area is 201 Å². The van der Waals surface area contributed by atoms with Gasteiger partial charge in [0.25, 0.3) is 11.6 Å². The Morgan fingerprint density at radius 3 is 2.23 bits per heavy atom. The second kappa shape index (κ2) is 9.90. The number of amides is 1. The van der Waals surface area contributed by atoms with Gasteiger partial charge in [0.15, 0.2) is 5.82 Å². The van der Waals surface area contributed by atoms with Crippen LogP contribution >= 0.6 is 23.2 Å². The van der Waals surface area contributed by atoms with Crippen molar-refractivity contribution in [3.8, 4) is 0 Å². The quantitative estimate of drug-likeness (QED) is 0.289. The van der Waals surface area contributed by atoms with Gasteiger partial charge in [-0.15, -0.1) is 0 Å². The average molecular weight is 533 g/mol. The molecule has 3 rings (SSSR count). The van der Waals surface area contributed by atoms with Crippen molar-refractivity contribution in [3.63, 3.8) is 0 Å². The van der Waals surface area contributed by atoms with Crippen molar-refractivity contribution in [2.24, 2.45) is 0 Å². The molecule has 0 bridgehead atoms. The molecule has 0 atom stereocenters. The summed E-state index contributed by atoms with van der Waals surface area (Å²) in [6.07, 6.45) is -3.41. The van der Waals surface area contributed by atoms with Crippen molar-refractivity contribution in [3.05, 3.63) is 78.2 Å². The number of carbonyl (C=O) groups excluding carboxylic acids is 1. The van der Waals surface area contributed by atoms with Gasteiger partial charge in [-0.25, -0.2) is 15.0 Å². The molecule has 13 nitrogen and oxygen atoms in total. The molecule has 18 heteroatoms. The molecule has 0 saturated carbocycles. The van der Waals surface area contributed by atoms with Crippen LogP contribution in [0.4, 0.5) is 42.0 Å². The maximum atomic E-state index is 12.8. The van der Waals surface area contributed by atoms with E-state index in [-0.39, 0.29) is 16.4 Å².